The van der Waals surface area contributed by atoms with Crippen molar-refractivity contribution in [2.24, 2.45) is 0 Å². The molecule has 0 bridgehead atoms. The minimum absolute atomic E-state index is 0.103. The predicted molar refractivity (Wildman–Crippen MR) is 59.6 cm³/mol. The zero-order chi connectivity index (χ0) is 12.7. The van der Waals surface area contributed by atoms with Gasteiger partial charge in [-0.1, -0.05) is 0 Å². The van der Waals surface area contributed by atoms with E-state index in [4.69, 9.17) is 5.11 Å². The molecule has 0 unspecified atom stereocenters. The topological polar surface area (TPSA) is 49.3 Å². The molecule has 17 heavy (non-hydrogen) atoms. The molecule has 1 aromatic carbocycles. The first-order valence-corrected chi connectivity index (χ1v) is 5.49. The van der Waals surface area contributed by atoms with Crippen LogP contribution in [-0.4, -0.2) is 24.2 Å². The van der Waals surface area contributed by atoms with Gasteiger partial charge in [0.05, 0.1) is 0 Å². The number of hydrogen-bond acceptors (Lipinski definition) is 2. The van der Waals surface area contributed by atoms with Crippen molar-refractivity contribution in [3.63, 3.8) is 0 Å². The largest absolute Gasteiger partial charge is 0.396 e. The SMILES string of the molecule is O=C(NCCCCCO)c1ccc(F)c(F)c1. The van der Waals surface area contributed by atoms with Crippen LogP contribution in [0.3, 0.4) is 0 Å². The minimum atomic E-state index is -1.03. The van der Waals surface area contributed by atoms with Crippen LogP contribution in [0.5, 0.6) is 0 Å². The fraction of sp³-hybridized carbons (Fsp3) is 0.417. The first kappa shape index (κ1) is 13.6. The Morgan fingerprint density at radius 3 is 2.59 bits per heavy atom. The molecule has 0 radical (unpaired) electrons. The Balaban J connectivity index is 2.39. The van der Waals surface area contributed by atoms with E-state index in [2.05, 4.69) is 5.32 Å². The maximum atomic E-state index is 12.8. The van der Waals surface area contributed by atoms with E-state index < -0.39 is 17.5 Å². The van der Waals surface area contributed by atoms with Crippen molar-refractivity contribution >= 4 is 5.91 Å². The number of aliphatic hydroxyl groups is 1. The van der Waals surface area contributed by atoms with E-state index in [1.165, 1.54) is 6.07 Å². The average Bonchev–Trinajstić information content (AvgIpc) is 2.32. The highest BCUT2D eigenvalue weighted by molar-refractivity contribution is 5.94. The molecule has 0 atom stereocenters. The van der Waals surface area contributed by atoms with Crippen molar-refractivity contribution in [3.05, 3.63) is 35.4 Å². The first-order valence-electron chi connectivity index (χ1n) is 5.49. The van der Waals surface area contributed by atoms with E-state index in [9.17, 15) is 13.6 Å². The zero-order valence-electron chi connectivity index (χ0n) is 9.38. The van der Waals surface area contributed by atoms with Gasteiger partial charge in [-0.3, -0.25) is 4.79 Å². The standard InChI is InChI=1S/C12H15F2NO2/c13-10-5-4-9(8-11(10)14)12(17)15-6-2-1-3-7-16/h4-5,8,16H,1-3,6-7H2,(H,15,17). The summed E-state index contributed by atoms with van der Waals surface area (Å²) in [6.45, 7) is 0.592. The molecule has 1 aromatic rings. The lowest BCUT2D eigenvalue weighted by atomic mass is 10.2. The molecule has 0 spiro atoms. The normalized spacial score (nSPS) is 10.3. The number of amides is 1. The van der Waals surface area contributed by atoms with Gasteiger partial charge in [0.15, 0.2) is 11.6 Å². The summed E-state index contributed by atoms with van der Waals surface area (Å²) in [7, 11) is 0. The van der Waals surface area contributed by atoms with Gasteiger partial charge in [-0.15, -0.1) is 0 Å². The Bertz CT molecular complexity index is 383. The summed E-state index contributed by atoms with van der Waals surface area (Å²) in [5.41, 5.74) is 0.103. The molecule has 94 valence electrons. The molecule has 1 amide bonds. The van der Waals surface area contributed by atoms with Crippen LogP contribution >= 0.6 is 0 Å². The van der Waals surface area contributed by atoms with E-state index in [1.807, 2.05) is 0 Å². The van der Waals surface area contributed by atoms with Gasteiger partial charge in [0.1, 0.15) is 0 Å². The van der Waals surface area contributed by atoms with Crippen LogP contribution < -0.4 is 5.32 Å². The summed E-state index contributed by atoms with van der Waals surface area (Å²) < 4.78 is 25.5. The van der Waals surface area contributed by atoms with Gasteiger partial charge in [0.2, 0.25) is 0 Å². The lowest BCUT2D eigenvalue weighted by Crippen LogP contribution is -2.24. The van der Waals surface area contributed by atoms with Gasteiger partial charge in [-0.2, -0.15) is 0 Å². The number of benzene rings is 1. The molecule has 0 saturated carbocycles. The van der Waals surface area contributed by atoms with Gasteiger partial charge in [0, 0.05) is 18.7 Å². The number of nitrogens with one attached hydrogen (secondary N) is 1. The first-order chi connectivity index (χ1) is 8.15. The Labute approximate surface area is 98.5 Å². The van der Waals surface area contributed by atoms with Crippen molar-refractivity contribution in [3.8, 4) is 0 Å². The van der Waals surface area contributed by atoms with Crippen LogP contribution in [0.15, 0.2) is 18.2 Å². The second-order valence-corrected chi connectivity index (χ2v) is 3.67. The maximum absolute atomic E-state index is 12.8. The zero-order valence-corrected chi connectivity index (χ0v) is 9.38. The number of aliphatic hydroxyl groups excluding tert-OH is 1. The lowest BCUT2D eigenvalue weighted by molar-refractivity contribution is 0.0952. The minimum Gasteiger partial charge on any atom is -0.396 e. The quantitative estimate of drug-likeness (QED) is 0.749. The van der Waals surface area contributed by atoms with E-state index in [0.717, 1.165) is 25.0 Å². The molecule has 2 N–H and O–H groups in total. The Morgan fingerprint density at radius 2 is 1.94 bits per heavy atom. The third-order valence-corrected chi connectivity index (χ3v) is 2.30. The molecule has 0 aliphatic heterocycles. The third-order valence-electron chi connectivity index (χ3n) is 2.30. The third kappa shape index (κ3) is 4.48. The lowest BCUT2D eigenvalue weighted by Gasteiger charge is -2.05. The predicted octanol–water partition coefficient (Wildman–Crippen LogP) is 1.86. The average molecular weight is 243 g/mol. The Kier molecular flexibility index (Phi) is 5.56. The summed E-state index contributed by atoms with van der Waals surface area (Å²) in [6.07, 6.45) is 2.26. The van der Waals surface area contributed by atoms with Crippen molar-refractivity contribution in [2.75, 3.05) is 13.2 Å². The number of carbonyl (C=O) groups excluding carboxylic acids is 1. The molecule has 3 nitrogen and oxygen atoms in total. The van der Waals surface area contributed by atoms with Crippen molar-refractivity contribution in [1.29, 1.82) is 0 Å². The van der Waals surface area contributed by atoms with Crippen LogP contribution in [0, 0.1) is 11.6 Å². The molecule has 0 saturated heterocycles. The van der Waals surface area contributed by atoms with Gasteiger partial charge >= 0.3 is 0 Å². The van der Waals surface area contributed by atoms with E-state index in [-0.39, 0.29) is 12.2 Å². The number of unbranched alkanes of at least 4 members (excludes halogenated alkanes) is 2. The Morgan fingerprint density at radius 1 is 1.18 bits per heavy atom. The summed E-state index contributed by atoms with van der Waals surface area (Å²) >= 11 is 0. The van der Waals surface area contributed by atoms with Gasteiger partial charge < -0.3 is 10.4 Å². The van der Waals surface area contributed by atoms with Crippen LogP contribution in [0.2, 0.25) is 0 Å². The monoisotopic (exact) mass is 243 g/mol. The number of halogens is 2. The highest BCUT2D eigenvalue weighted by Gasteiger charge is 2.08. The summed E-state index contributed by atoms with van der Waals surface area (Å²) in [5.74, 6) is -2.42. The Hall–Kier alpha value is -1.49. The fourth-order valence-corrected chi connectivity index (χ4v) is 1.35. The van der Waals surface area contributed by atoms with Crippen LogP contribution in [-0.2, 0) is 0 Å². The van der Waals surface area contributed by atoms with Crippen molar-refractivity contribution in [1.82, 2.24) is 5.32 Å². The maximum Gasteiger partial charge on any atom is 0.251 e. The molecule has 5 heteroatoms. The number of rotatable bonds is 6. The van der Waals surface area contributed by atoms with E-state index >= 15 is 0 Å². The summed E-state index contributed by atoms with van der Waals surface area (Å²) in [5, 5.41) is 11.1. The molecule has 0 aliphatic carbocycles. The van der Waals surface area contributed by atoms with Crippen LogP contribution in [0.4, 0.5) is 8.78 Å². The van der Waals surface area contributed by atoms with Crippen molar-refractivity contribution < 1.29 is 18.7 Å². The summed E-state index contributed by atoms with van der Waals surface area (Å²) in [6, 6.07) is 3.04. The molecular formula is C12H15F2NO2. The highest BCUT2D eigenvalue weighted by Crippen LogP contribution is 2.08. The van der Waals surface area contributed by atoms with Gasteiger partial charge in [0.25, 0.3) is 5.91 Å². The molecule has 1 rings (SSSR count). The van der Waals surface area contributed by atoms with Gasteiger partial charge in [-0.25, -0.2) is 8.78 Å². The second-order valence-electron chi connectivity index (χ2n) is 3.67. The van der Waals surface area contributed by atoms with E-state index in [1.54, 1.807) is 0 Å². The molecule has 0 aromatic heterocycles. The van der Waals surface area contributed by atoms with E-state index in [0.29, 0.717) is 13.0 Å². The number of carbonyl (C=O) groups is 1. The molecule has 0 heterocycles. The fourth-order valence-electron chi connectivity index (χ4n) is 1.35. The highest BCUT2D eigenvalue weighted by atomic mass is 19.2. The molecule has 0 aliphatic rings. The number of hydrogen-bond donors (Lipinski definition) is 2. The smallest absolute Gasteiger partial charge is 0.251 e. The van der Waals surface area contributed by atoms with Crippen molar-refractivity contribution in [2.45, 2.75) is 19.3 Å². The van der Waals surface area contributed by atoms with Crippen LogP contribution in [0.25, 0.3) is 0 Å². The summed E-state index contributed by atoms with van der Waals surface area (Å²) in [4.78, 5) is 11.5. The molecular weight excluding hydrogens is 228 g/mol. The van der Waals surface area contributed by atoms with Crippen LogP contribution in [0.1, 0.15) is 29.6 Å². The van der Waals surface area contributed by atoms with Gasteiger partial charge in [-0.05, 0) is 37.5 Å². The second kappa shape index (κ2) is 6.96. The molecule has 0 fully saturated rings.